The topological polar surface area (TPSA) is 83.7 Å². The molecule has 1 N–H and O–H groups in total. The number of aliphatic hydroxyl groups excluding tert-OH is 1. The van der Waals surface area contributed by atoms with Gasteiger partial charge in [0.05, 0.1) is 23.1 Å². The van der Waals surface area contributed by atoms with Crippen LogP contribution in [-0.2, 0) is 0 Å². The van der Waals surface area contributed by atoms with E-state index >= 15 is 0 Å². The highest BCUT2D eigenvalue weighted by Gasteiger charge is 2.24. The van der Waals surface area contributed by atoms with Gasteiger partial charge in [-0.2, -0.15) is 0 Å². The molecule has 0 heterocycles. The second-order valence-corrected chi connectivity index (χ2v) is 4.70. The van der Waals surface area contributed by atoms with Crippen molar-refractivity contribution in [3.05, 3.63) is 37.9 Å². The number of aliphatic hydroxyl groups is 1. The first-order chi connectivity index (χ1) is 9.77. The second-order valence-electron chi connectivity index (χ2n) is 3.91. The van der Waals surface area contributed by atoms with Crippen molar-refractivity contribution in [1.29, 1.82) is 0 Å². The minimum absolute atomic E-state index is 0.241. The summed E-state index contributed by atoms with van der Waals surface area (Å²) in [6.45, 7) is -1.77. The molecule has 6 nitrogen and oxygen atoms in total. The Labute approximate surface area is 128 Å². The number of carbonyl (C=O) groups excluding carboxylic acids is 1. The quantitative estimate of drug-likeness (QED) is 0.636. The van der Waals surface area contributed by atoms with Crippen molar-refractivity contribution in [3.8, 4) is 0 Å². The van der Waals surface area contributed by atoms with Gasteiger partial charge >= 0.3 is 0 Å². The maximum absolute atomic E-state index is 12.4. The van der Waals surface area contributed by atoms with Crippen molar-refractivity contribution in [1.82, 2.24) is 4.90 Å². The Morgan fingerprint density at radius 3 is 2.52 bits per heavy atom. The van der Waals surface area contributed by atoms with Crippen molar-refractivity contribution in [2.45, 2.75) is 6.43 Å². The second kappa shape index (κ2) is 7.48. The van der Waals surface area contributed by atoms with Gasteiger partial charge in [-0.15, -0.1) is 0 Å². The molecular weight excluding hydrogens is 333 g/mol. The van der Waals surface area contributed by atoms with E-state index in [2.05, 4.69) is 0 Å². The van der Waals surface area contributed by atoms with Crippen molar-refractivity contribution < 1.29 is 23.6 Å². The lowest BCUT2D eigenvalue weighted by Gasteiger charge is -2.21. The van der Waals surface area contributed by atoms with E-state index in [1.807, 2.05) is 0 Å². The summed E-state index contributed by atoms with van der Waals surface area (Å²) in [5, 5.41) is 19.0. The normalized spacial score (nSPS) is 10.8. The van der Waals surface area contributed by atoms with Crippen LogP contribution in [0, 0.1) is 10.1 Å². The van der Waals surface area contributed by atoms with E-state index in [1.165, 1.54) is 0 Å². The number of nitro benzene ring substituents is 1. The fourth-order valence-electron chi connectivity index (χ4n) is 1.58. The Balaban J connectivity index is 3.18. The van der Waals surface area contributed by atoms with E-state index < -0.39 is 36.1 Å². The summed E-state index contributed by atoms with van der Waals surface area (Å²) in [5.41, 5.74) is -0.862. The van der Waals surface area contributed by atoms with Crippen LogP contribution in [0.2, 0.25) is 10.0 Å². The number of benzene rings is 1. The third kappa shape index (κ3) is 4.48. The number of alkyl halides is 2. The van der Waals surface area contributed by atoms with Gasteiger partial charge in [0.1, 0.15) is 5.02 Å². The number of amides is 1. The van der Waals surface area contributed by atoms with Crippen molar-refractivity contribution in [2.75, 3.05) is 19.7 Å². The molecule has 10 heteroatoms. The molecule has 1 aromatic rings. The molecule has 21 heavy (non-hydrogen) atoms. The molecule has 0 aliphatic rings. The Morgan fingerprint density at radius 2 is 2.05 bits per heavy atom. The maximum atomic E-state index is 12.4. The minimum atomic E-state index is -2.81. The fourth-order valence-corrected chi connectivity index (χ4v) is 1.97. The molecule has 0 saturated carbocycles. The van der Waals surface area contributed by atoms with E-state index in [1.54, 1.807) is 0 Å². The van der Waals surface area contributed by atoms with Gasteiger partial charge in [-0.25, -0.2) is 8.78 Å². The zero-order valence-corrected chi connectivity index (χ0v) is 11.9. The number of nitrogens with zero attached hydrogens (tertiary/aromatic N) is 2. The molecule has 116 valence electrons. The predicted octanol–water partition coefficient (Wildman–Crippen LogP) is 2.60. The van der Waals surface area contributed by atoms with Gasteiger partial charge in [-0.3, -0.25) is 14.9 Å². The molecule has 0 aliphatic heterocycles. The Hall–Kier alpha value is -1.51. The Bertz CT molecular complexity index is 557. The Kier molecular flexibility index (Phi) is 6.25. The smallest absolute Gasteiger partial charge is 0.290 e. The molecular formula is C11H10Cl2F2N2O4. The molecule has 0 aromatic heterocycles. The van der Waals surface area contributed by atoms with Gasteiger partial charge in [-0.1, -0.05) is 23.2 Å². The summed E-state index contributed by atoms with van der Waals surface area (Å²) in [6.07, 6.45) is -2.81. The summed E-state index contributed by atoms with van der Waals surface area (Å²) >= 11 is 11.3. The third-order valence-electron chi connectivity index (χ3n) is 2.47. The highest BCUT2D eigenvalue weighted by atomic mass is 35.5. The lowest BCUT2D eigenvalue weighted by atomic mass is 10.1. The monoisotopic (exact) mass is 342 g/mol. The van der Waals surface area contributed by atoms with Gasteiger partial charge in [0, 0.05) is 18.2 Å². The standard InChI is InChI=1S/C11H10Cl2F2N2O4/c12-7-3-6(4-8(10(7)13)17(20)21)11(19)16(1-2-18)5-9(14)15/h3-4,9,18H,1-2,5H2. The summed E-state index contributed by atoms with van der Waals surface area (Å²) in [5.74, 6) is -0.911. The van der Waals surface area contributed by atoms with E-state index in [0.29, 0.717) is 4.90 Å². The van der Waals surface area contributed by atoms with Crippen LogP contribution in [0.15, 0.2) is 12.1 Å². The molecule has 1 rings (SSSR count). The molecule has 1 amide bonds. The first-order valence-electron chi connectivity index (χ1n) is 5.59. The number of hydrogen-bond donors (Lipinski definition) is 1. The van der Waals surface area contributed by atoms with Crippen LogP contribution in [0.25, 0.3) is 0 Å². The van der Waals surface area contributed by atoms with Crippen molar-refractivity contribution >= 4 is 34.8 Å². The van der Waals surface area contributed by atoms with Crippen LogP contribution in [0.1, 0.15) is 10.4 Å². The highest BCUT2D eigenvalue weighted by Crippen LogP contribution is 2.33. The van der Waals surface area contributed by atoms with Crippen molar-refractivity contribution in [3.63, 3.8) is 0 Å². The average Bonchev–Trinajstić information content (AvgIpc) is 2.39. The van der Waals surface area contributed by atoms with Crippen LogP contribution >= 0.6 is 23.2 Å². The van der Waals surface area contributed by atoms with Gasteiger partial charge in [0.25, 0.3) is 18.0 Å². The third-order valence-corrected chi connectivity index (χ3v) is 3.26. The number of hydrogen-bond acceptors (Lipinski definition) is 4. The molecule has 0 unspecified atom stereocenters. The highest BCUT2D eigenvalue weighted by molar-refractivity contribution is 6.43. The van der Waals surface area contributed by atoms with Crippen LogP contribution < -0.4 is 0 Å². The van der Waals surface area contributed by atoms with E-state index in [9.17, 15) is 23.7 Å². The molecule has 0 fully saturated rings. The molecule has 0 atom stereocenters. The predicted molar refractivity (Wildman–Crippen MR) is 72.1 cm³/mol. The lowest BCUT2D eigenvalue weighted by molar-refractivity contribution is -0.384. The summed E-state index contributed by atoms with van der Waals surface area (Å²) < 4.78 is 24.8. The number of rotatable bonds is 6. The largest absolute Gasteiger partial charge is 0.395 e. The van der Waals surface area contributed by atoms with Crippen molar-refractivity contribution in [2.24, 2.45) is 0 Å². The van der Waals surface area contributed by atoms with E-state index in [4.69, 9.17) is 28.3 Å². The number of halogens is 4. The summed E-state index contributed by atoms with van der Waals surface area (Å²) in [4.78, 5) is 22.7. The van der Waals surface area contributed by atoms with Gasteiger partial charge in [0.15, 0.2) is 0 Å². The fraction of sp³-hybridized carbons (Fsp3) is 0.364. The number of nitro groups is 1. The minimum Gasteiger partial charge on any atom is -0.395 e. The molecule has 0 aliphatic carbocycles. The lowest BCUT2D eigenvalue weighted by Crippen LogP contribution is -2.37. The average molecular weight is 343 g/mol. The van der Waals surface area contributed by atoms with Crippen LogP contribution in [-0.4, -0.2) is 47.0 Å². The zero-order chi connectivity index (χ0) is 16.2. The van der Waals surface area contributed by atoms with E-state index in [0.717, 1.165) is 12.1 Å². The molecule has 0 saturated heterocycles. The van der Waals surface area contributed by atoms with Crippen LogP contribution in [0.4, 0.5) is 14.5 Å². The first kappa shape index (κ1) is 17.5. The molecule has 1 aromatic carbocycles. The SMILES string of the molecule is O=C(c1cc(Cl)c(Cl)c([N+](=O)[O-])c1)N(CCO)CC(F)F. The first-order valence-corrected chi connectivity index (χ1v) is 6.35. The van der Waals surface area contributed by atoms with Crippen LogP contribution in [0.3, 0.4) is 0 Å². The van der Waals surface area contributed by atoms with Gasteiger partial charge in [-0.05, 0) is 6.07 Å². The molecule has 0 radical (unpaired) electrons. The zero-order valence-electron chi connectivity index (χ0n) is 10.4. The van der Waals surface area contributed by atoms with Gasteiger partial charge in [0.2, 0.25) is 0 Å². The van der Waals surface area contributed by atoms with Crippen LogP contribution in [0.5, 0.6) is 0 Å². The number of carbonyl (C=O) groups is 1. The summed E-state index contributed by atoms with van der Waals surface area (Å²) in [7, 11) is 0. The maximum Gasteiger partial charge on any atom is 0.290 e. The van der Waals surface area contributed by atoms with E-state index in [-0.39, 0.29) is 22.2 Å². The Morgan fingerprint density at radius 1 is 1.43 bits per heavy atom. The van der Waals surface area contributed by atoms with Gasteiger partial charge < -0.3 is 10.0 Å². The molecule has 0 bridgehead atoms. The molecule has 0 spiro atoms. The summed E-state index contributed by atoms with van der Waals surface area (Å²) in [6, 6.07) is 1.90.